The molecule has 0 radical (unpaired) electrons. The molecule has 0 aromatic heterocycles. The highest BCUT2D eigenvalue weighted by Crippen LogP contribution is 2.23. The summed E-state index contributed by atoms with van der Waals surface area (Å²) in [5, 5.41) is 0. The fourth-order valence-corrected chi connectivity index (χ4v) is 2.69. The van der Waals surface area contributed by atoms with Crippen LogP contribution in [0.2, 0.25) is 0 Å². The Hall–Kier alpha value is -0.860. The molecule has 1 aromatic carbocycles. The van der Waals surface area contributed by atoms with Gasteiger partial charge in [0.1, 0.15) is 0 Å². The molecule has 0 atom stereocenters. The summed E-state index contributed by atoms with van der Waals surface area (Å²) in [6, 6.07) is 7.06. The number of hydrogen-bond donors (Lipinski definition) is 1. The first-order valence-corrected chi connectivity index (χ1v) is 7.52. The van der Waals surface area contributed by atoms with E-state index in [-0.39, 0.29) is 5.54 Å². The molecule has 106 valence electrons. The van der Waals surface area contributed by atoms with Crippen molar-refractivity contribution in [3.05, 3.63) is 34.9 Å². The number of nitrogens with zero attached hydrogens (tertiary/aromatic N) is 1. The normalized spacial score (nSPS) is 15.0. The number of nitrogens with two attached hydrogens (primary N) is 1. The quantitative estimate of drug-likeness (QED) is 0.852. The molecule has 0 saturated carbocycles. The Bertz CT molecular complexity index is 418. The zero-order chi connectivity index (χ0) is 13.9. The maximum Gasteiger partial charge on any atom is 0.0109 e. The van der Waals surface area contributed by atoms with Gasteiger partial charge in [0.2, 0.25) is 0 Å². The van der Waals surface area contributed by atoms with Crippen molar-refractivity contribution < 1.29 is 0 Å². The van der Waals surface area contributed by atoms with Gasteiger partial charge in [0, 0.05) is 12.1 Å². The molecule has 19 heavy (non-hydrogen) atoms. The number of hydrogen-bond acceptors (Lipinski definition) is 2. The van der Waals surface area contributed by atoms with Crippen LogP contribution < -0.4 is 5.73 Å². The van der Waals surface area contributed by atoms with Crippen LogP contribution >= 0.6 is 0 Å². The van der Waals surface area contributed by atoms with E-state index in [0.29, 0.717) is 0 Å². The largest absolute Gasteiger partial charge is 0.326 e. The molecule has 2 nitrogen and oxygen atoms in total. The highest BCUT2D eigenvalue weighted by Gasteiger charge is 2.13. The minimum absolute atomic E-state index is 0.0537. The van der Waals surface area contributed by atoms with Crippen LogP contribution in [0.4, 0.5) is 0 Å². The minimum Gasteiger partial charge on any atom is -0.326 e. The predicted molar refractivity (Wildman–Crippen MR) is 82.6 cm³/mol. The van der Waals surface area contributed by atoms with Crippen LogP contribution in [0.3, 0.4) is 0 Å². The van der Waals surface area contributed by atoms with Gasteiger partial charge in [0.25, 0.3) is 0 Å². The zero-order valence-corrected chi connectivity index (χ0v) is 12.7. The van der Waals surface area contributed by atoms with Gasteiger partial charge in [-0.2, -0.15) is 0 Å². The molecule has 0 amide bonds. The molecular formula is C17H28N2. The molecule has 0 aliphatic heterocycles. The van der Waals surface area contributed by atoms with Crippen molar-refractivity contribution in [3.8, 4) is 0 Å². The van der Waals surface area contributed by atoms with E-state index < -0.39 is 0 Å². The van der Waals surface area contributed by atoms with E-state index >= 15 is 0 Å². The van der Waals surface area contributed by atoms with Crippen LogP contribution in [0.15, 0.2) is 18.2 Å². The molecular weight excluding hydrogens is 232 g/mol. The third-order valence-corrected chi connectivity index (χ3v) is 4.08. The number of aryl methyl sites for hydroxylation is 2. The standard InChI is InChI=1S/C17H28N2/c1-17(2,18)10-12-19(3)11-9-14-7-8-15-5-4-6-16(15)13-14/h7-8,13H,4-6,9-12,18H2,1-3H3. The number of benzene rings is 1. The summed E-state index contributed by atoms with van der Waals surface area (Å²) in [7, 11) is 2.19. The van der Waals surface area contributed by atoms with Gasteiger partial charge >= 0.3 is 0 Å². The molecule has 1 aliphatic rings. The molecule has 1 aliphatic carbocycles. The molecule has 2 heteroatoms. The van der Waals surface area contributed by atoms with Gasteiger partial charge in [0.05, 0.1) is 0 Å². The molecule has 0 saturated heterocycles. The van der Waals surface area contributed by atoms with Crippen molar-refractivity contribution in [1.29, 1.82) is 0 Å². The monoisotopic (exact) mass is 260 g/mol. The van der Waals surface area contributed by atoms with E-state index in [1.807, 2.05) is 0 Å². The van der Waals surface area contributed by atoms with Crippen molar-refractivity contribution in [2.45, 2.75) is 51.5 Å². The van der Waals surface area contributed by atoms with Crippen LogP contribution in [0.25, 0.3) is 0 Å². The Labute approximate surface area is 118 Å². The zero-order valence-electron chi connectivity index (χ0n) is 12.7. The first-order valence-electron chi connectivity index (χ1n) is 7.52. The highest BCUT2D eigenvalue weighted by molar-refractivity contribution is 5.35. The molecule has 0 bridgehead atoms. The predicted octanol–water partition coefficient (Wildman–Crippen LogP) is 2.78. The number of fused-ring (bicyclic) bond motifs is 1. The van der Waals surface area contributed by atoms with Crippen LogP contribution in [0.5, 0.6) is 0 Å². The van der Waals surface area contributed by atoms with Crippen LogP contribution in [-0.2, 0) is 19.3 Å². The Kier molecular flexibility index (Phi) is 4.64. The average Bonchev–Trinajstić information content (AvgIpc) is 2.80. The molecule has 2 rings (SSSR count). The SMILES string of the molecule is CN(CCc1ccc2c(c1)CCC2)CCC(C)(C)N. The second kappa shape index (κ2) is 6.06. The summed E-state index contributed by atoms with van der Waals surface area (Å²) >= 11 is 0. The lowest BCUT2D eigenvalue weighted by Gasteiger charge is -2.23. The molecule has 0 fully saturated rings. The van der Waals surface area contributed by atoms with Crippen molar-refractivity contribution in [2.24, 2.45) is 5.73 Å². The summed E-state index contributed by atoms with van der Waals surface area (Å²) in [4.78, 5) is 2.39. The summed E-state index contributed by atoms with van der Waals surface area (Å²) in [5.41, 5.74) is 10.6. The fourth-order valence-electron chi connectivity index (χ4n) is 2.69. The minimum atomic E-state index is -0.0537. The topological polar surface area (TPSA) is 29.3 Å². The van der Waals surface area contributed by atoms with E-state index in [0.717, 1.165) is 25.9 Å². The molecule has 0 heterocycles. The Morgan fingerprint density at radius 2 is 1.89 bits per heavy atom. The van der Waals surface area contributed by atoms with Crippen LogP contribution in [0.1, 0.15) is 43.4 Å². The van der Waals surface area contributed by atoms with Gasteiger partial charge in [0.15, 0.2) is 0 Å². The highest BCUT2D eigenvalue weighted by atomic mass is 15.1. The van der Waals surface area contributed by atoms with E-state index in [9.17, 15) is 0 Å². The van der Waals surface area contributed by atoms with Crippen LogP contribution in [0, 0.1) is 0 Å². The van der Waals surface area contributed by atoms with Gasteiger partial charge in [-0.15, -0.1) is 0 Å². The maximum atomic E-state index is 6.03. The first-order chi connectivity index (χ1) is 8.94. The lowest BCUT2D eigenvalue weighted by Crippen LogP contribution is -2.36. The Morgan fingerprint density at radius 3 is 2.63 bits per heavy atom. The lowest BCUT2D eigenvalue weighted by atomic mass is 10.0. The van der Waals surface area contributed by atoms with Crippen LogP contribution in [-0.4, -0.2) is 30.6 Å². The second-order valence-electron chi connectivity index (χ2n) is 6.75. The number of likely N-dealkylation sites (N-methyl/N-ethyl adjacent to an activating group) is 1. The summed E-state index contributed by atoms with van der Waals surface area (Å²) in [5.74, 6) is 0. The smallest absolute Gasteiger partial charge is 0.0109 e. The second-order valence-corrected chi connectivity index (χ2v) is 6.75. The van der Waals surface area contributed by atoms with E-state index in [1.165, 1.54) is 24.8 Å². The summed E-state index contributed by atoms with van der Waals surface area (Å²) in [6.07, 6.45) is 6.09. The molecule has 0 spiro atoms. The Balaban J connectivity index is 1.79. The summed E-state index contributed by atoms with van der Waals surface area (Å²) in [6.45, 7) is 6.39. The number of rotatable bonds is 6. The van der Waals surface area contributed by atoms with Gasteiger partial charge in [-0.1, -0.05) is 18.2 Å². The molecule has 2 N–H and O–H groups in total. The average molecular weight is 260 g/mol. The van der Waals surface area contributed by atoms with Gasteiger partial charge in [-0.3, -0.25) is 0 Å². The van der Waals surface area contributed by atoms with E-state index in [2.05, 4.69) is 44.0 Å². The van der Waals surface area contributed by atoms with E-state index in [1.54, 1.807) is 11.1 Å². The molecule has 0 unspecified atom stereocenters. The van der Waals surface area contributed by atoms with E-state index in [4.69, 9.17) is 5.73 Å². The third-order valence-electron chi connectivity index (χ3n) is 4.08. The van der Waals surface area contributed by atoms with Crippen molar-refractivity contribution in [1.82, 2.24) is 4.90 Å². The Morgan fingerprint density at radius 1 is 1.16 bits per heavy atom. The first kappa shape index (κ1) is 14.5. The fraction of sp³-hybridized carbons (Fsp3) is 0.647. The van der Waals surface area contributed by atoms with Crippen molar-refractivity contribution in [2.75, 3.05) is 20.1 Å². The van der Waals surface area contributed by atoms with Gasteiger partial charge in [-0.05, 0) is 76.2 Å². The lowest BCUT2D eigenvalue weighted by molar-refractivity contribution is 0.298. The van der Waals surface area contributed by atoms with Gasteiger partial charge < -0.3 is 10.6 Å². The summed E-state index contributed by atoms with van der Waals surface area (Å²) < 4.78 is 0. The molecule has 1 aromatic rings. The van der Waals surface area contributed by atoms with Crippen molar-refractivity contribution >= 4 is 0 Å². The van der Waals surface area contributed by atoms with Crippen molar-refractivity contribution in [3.63, 3.8) is 0 Å². The van der Waals surface area contributed by atoms with Gasteiger partial charge in [-0.25, -0.2) is 0 Å². The maximum absolute atomic E-state index is 6.03. The third kappa shape index (κ3) is 4.63.